The van der Waals surface area contributed by atoms with Crippen LogP contribution in [0, 0.1) is 11.8 Å². The fourth-order valence-corrected chi connectivity index (χ4v) is 2.49. The third-order valence-electron chi connectivity index (χ3n) is 3.19. The molecule has 1 amide bonds. The second-order valence-corrected chi connectivity index (χ2v) is 6.57. The maximum absolute atomic E-state index is 12.1. The predicted octanol–water partition coefficient (Wildman–Crippen LogP) is 2.96. The predicted molar refractivity (Wildman–Crippen MR) is 89.3 cm³/mol. The highest BCUT2D eigenvalue weighted by atomic mass is 16.2. The third kappa shape index (κ3) is 8.51. The second-order valence-electron chi connectivity index (χ2n) is 6.57. The average Bonchev–Trinajstić information content (AvgIpc) is 2.38. The van der Waals surface area contributed by atoms with E-state index >= 15 is 0 Å². The van der Waals surface area contributed by atoms with Crippen LogP contribution < -0.4 is 5.32 Å². The van der Waals surface area contributed by atoms with E-state index in [0.29, 0.717) is 24.9 Å². The van der Waals surface area contributed by atoms with Gasteiger partial charge >= 0.3 is 0 Å². The molecule has 0 aliphatic carbocycles. The number of amides is 1. The zero-order chi connectivity index (χ0) is 15.7. The third-order valence-corrected chi connectivity index (χ3v) is 3.19. The minimum atomic E-state index is 0.132. The lowest BCUT2D eigenvalue weighted by molar-refractivity contribution is -0.122. The maximum Gasteiger partial charge on any atom is 0.234 e. The topological polar surface area (TPSA) is 32.3 Å². The maximum atomic E-state index is 12.1. The molecule has 0 aromatic heterocycles. The van der Waals surface area contributed by atoms with E-state index in [1.807, 2.05) is 18.2 Å². The minimum absolute atomic E-state index is 0.132. The highest BCUT2D eigenvalue weighted by molar-refractivity contribution is 5.78. The van der Waals surface area contributed by atoms with Crippen molar-refractivity contribution in [2.24, 2.45) is 11.8 Å². The van der Waals surface area contributed by atoms with Crippen molar-refractivity contribution >= 4 is 5.91 Å². The minimum Gasteiger partial charge on any atom is -0.355 e. The van der Waals surface area contributed by atoms with Gasteiger partial charge in [-0.3, -0.25) is 9.69 Å². The Morgan fingerprint density at radius 2 is 1.62 bits per heavy atom. The molecule has 0 heterocycles. The van der Waals surface area contributed by atoms with Crippen molar-refractivity contribution in [1.82, 2.24) is 10.2 Å². The van der Waals surface area contributed by atoms with Crippen LogP contribution in [-0.2, 0) is 11.2 Å². The lowest BCUT2D eigenvalue weighted by atomic mass is 10.1. The van der Waals surface area contributed by atoms with Crippen LogP contribution in [0.3, 0.4) is 0 Å². The summed E-state index contributed by atoms with van der Waals surface area (Å²) in [5.41, 5.74) is 1.26. The van der Waals surface area contributed by atoms with E-state index in [2.05, 4.69) is 50.0 Å². The second kappa shape index (κ2) is 9.56. The van der Waals surface area contributed by atoms with Crippen molar-refractivity contribution < 1.29 is 4.79 Å². The van der Waals surface area contributed by atoms with Gasteiger partial charge in [-0.2, -0.15) is 0 Å². The van der Waals surface area contributed by atoms with Gasteiger partial charge in [0.15, 0.2) is 0 Å². The molecule has 0 saturated heterocycles. The van der Waals surface area contributed by atoms with E-state index < -0.39 is 0 Å². The van der Waals surface area contributed by atoms with Crippen LogP contribution in [0.15, 0.2) is 30.3 Å². The number of nitrogens with one attached hydrogen (secondary N) is 1. The van der Waals surface area contributed by atoms with Crippen molar-refractivity contribution in [3.05, 3.63) is 35.9 Å². The average molecular weight is 290 g/mol. The summed E-state index contributed by atoms with van der Waals surface area (Å²) in [4.78, 5) is 14.3. The first-order valence-corrected chi connectivity index (χ1v) is 8.00. The van der Waals surface area contributed by atoms with Crippen molar-refractivity contribution in [2.75, 3.05) is 26.2 Å². The number of hydrogen-bond donors (Lipinski definition) is 1. The fraction of sp³-hybridized carbons (Fsp3) is 0.611. The van der Waals surface area contributed by atoms with Crippen molar-refractivity contribution in [3.63, 3.8) is 0 Å². The van der Waals surface area contributed by atoms with Crippen LogP contribution in [0.4, 0.5) is 0 Å². The SMILES string of the molecule is CC(C)CN(CC(=O)NCCc1ccccc1)CC(C)C. The largest absolute Gasteiger partial charge is 0.355 e. The molecule has 1 N–H and O–H groups in total. The van der Waals surface area contributed by atoms with Crippen LogP contribution in [0.2, 0.25) is 0 Å². The van der Waals surface area contributed by atoms with Gasteiger partial charge in [-0.05, 0) is 23.8 Å². The van der Waals surface area contributed by atoms with Gasteiger partial charge in [0.2, 0.25) is 5.91 Å². The van der Waals surface area contributed by atoms with E-state index in [9.17, 15) is 4.79 Å². The first-order valence-electron chi connectivity index (χ1n) is 8.00. The van der Waals surface area contributed by atoms with E-state index in [1.165, 1.54) is 5.56 Å². The molecule has 0 saturated carbocycles. The molecule has 21 heavy (non-hydrogen) atoms. The Morgan fingerprint density at radius 3 is 2.14 bits per heavy atom. The molecule has 0 fully saturated rings. The molecule has 0 aliphatic rings. The zero-order valence-electron chi connectivity index (χ0n) is 13.9. The van der Waals surface area contributed by atoms with Gasteiger partial charge in [0.25, 0.3) is 0 Å². The highest BCUT2D eigenvalue weighted by Crippen LogP contribution is 2.03. The first-order chi connectivity index (χ1) is 9.97. The van der Waals surface area contributed by atoms with Crippen LogP contribution in [0.25, 0.3) is 0 Å². The van der Waals surface area contributed by atoms with Crippen LogP contribution in [0.5, 0.6) is 0 Å². The van der Waals surface area contributed by atoms with E-state index in [0.717, 1.165) is 19.5 Å². The molecule has 1 rings (SSSR count). The summed E-state index contributed by atoms with van der Waals surface area (Å²) in [6.45, 7) is 11.9. The number of carbonyl (C=O) groups excluding carboxylic acids is 1. The lowest BCUT2D eigenvalue weighted by Gasteiger charge is -2.25. The first kappa shape index (κ1) is 17.7. The Hall–Kier alpha value is -1.35. The molecule has 3 heteroatoms. The number of benzene rings is 1. The Morgan fingerprint density at radius 1 is 1.05 bits per heavy atom. The van der Waals surface area contributed by atoms with Gasteiger partial charge in [0.05, 0.1) is 6.54 Å². The summed E-state index contributed by atoms with van der Waals surface area (Å²) in [7, 11) is 0. The lowest BCUT2D eigenvalue weighted by Crippen LogP contribution is -2.41. The summed E-state index contributed by atoms with van der Waals surface area (Å²) in [6.07, 6.45) is 0.890. The van der Waals surface area contributed by atoms with E-state index in [4.69, 9.17) is 0 Å². The van der Waals surface area contributed by atoms with Crippen molar-refractivity contribution in [3.8, 4) is 0 Å². The monoisotopic (exact) mass is 290 g/mol. The summed E-state index contributed by atoms with van der Waals surface area (Å²) in [5, 5.41) is 3.03. The molecule has 1 aromatic rings. The quantitative estimate of drug-likeness (QED) is 0.758. The van der Waals surface area contributed by atoms with Gasteiger partial charge < -0.3 is 5.32 Å². The summed E-state index contributed by atoms with van der Waals surface area (Å²) in [6, 6.07) is 10.3. The molecule has 0 aliphatic heterocycles. The Bertz CT molecular complexity index is 391. The van der Waals surface area contributed by atoms with Crippen molar-refractivity contribution in [1.29, 1.82) is 0 Å². The number of nitrogens with zero attached hydrogens (tertiary/aromatic N) is 1. The summed E-state index contributed by atoms with van der Waals surface area (Å²) < 4.78 is 0. The van der Waals surface area contributed by atoms with E-state index in [-0.39, 0.29) is 5.91 Å². The van der Waals surface area contributed by atoms with Gasteiger partial charge in [-0.15, -0.1) is 0 Å². The summed E-state index contributed by atoms with van der Waals surface area (Å²) in [5.74, 6) is 1.30. The highest BCUT2D eigenvalue weighted by Gasteiger charge is 2.13. The Balaban J connectivity index is 2.32. The molecule has 3 nitrogen and oxygen atoms in total. The summed E-state index contributed by atoms with van der Waals surface area (Å²) >= 11 is 0. The van der Waals surface area contributed by atoms with Gasteiger partial charge in [0.1, 0.15) is 0 Å². The molecule has 0 radical (unpaired) electrons. The smallest absolute Gasteiger partial charge is 0.234 e. The molecular weight excluding hydrogens is 260 g/mol. The molecule has 118 valence electrons. The van der Waals surface area contributed by atoms with Crippen molar-refractivity contribution in [2.45, 2.75) is 34.1 Å². The number of rotatable bonds is 9. The van der Waals surface area contributed by atoms with Crippen LogP contribution >= 0.6 is 0 Å². The molecule has 1 aromatic carbocycles. The standard InChI is InChI=1S/C18H30N2O/c1-15(2)12-20(13-16(3)4)14-18(21)19-11-10-17-8-6-5-7-9-17/h5-9,15-16H,10-14H2,1-4H3,(H,19,21). The zero-order valence-corrected chi connectivity index (χ0v) is 13.9. The molecular formula is C18H30N2O. The molecule has 0 atom stereocenters. The van der Waals surface area contributed by atoms with Crippen LogP contribution in [0.1, 0.15) is 33.3 Å². The fourth-order valence-electron chi connectivity index (χ4n) is 2.49. The van der Waals surface area contributed by atoms with Gasteiger partial charge in [0, 0.05) is 19.6 Å². The van der Waals surface area contributed by atoms with Gasteiger partial charge in [-0.25, -0.2) is 0 Å². The Kier molecular flexibility index (Phi) is 8.06. The van der Waals surface area contributed by atoms with Gasteiger partial charge in [-0.1, -0.05) is 58.0 Å². The van der Waals surface area contributed by atoms with E-state index in [1.54, 1.807) is 0 Å². The normalized spacial score (nSPS) is 11.4. The molecule has 0 unspecified atom stereocenters. The molecule has 0 bridgehead atoms. The number of carbonyl (C=O) groups is 1. The Labute approximate surface area is 129 Å². The number of hydrogen-bond acceptors (Lipinski definition) is 2. The van der Waals surface area contributed by atoms with Crippen LogP contribution in [-0.4, -0.2) is 37.0 Å². The molecule has 0 spiro atoms.